The number of carbonyl (C=O) groups is 1. The SMILES string of the molecule is CN(C)C1SC(c2ccc(F)cc2)=C(C(=O)O)N1CC1CC1. The van der Waals surface area contributed by atoms with Crippen LogP contribution in [0, 0.1) is 11.7 Å². The molecule has 118 valence electrons. The van der Waals surface area contributed by atoms with Crippen LogP contribution in [0.1, 0.15) is 18.4 Å². The van der Waals surface area contributed by atoms with E-state index in [1.807, 2.05) is 23.9 Å². The molecule has 1 fully saturated rings. The van der Waals surface area contributed by atoms with E-state index < -0.39 is 5.97 Å². The third kappa shape index (κ3) is 2.98. The Balaban J connectivity index is 2.00. The zero-order valence-electron chi connectivity index (χ0n) is 12.6. The van der Waals surface area contributed by atoms with Crippen molar-refractivity contribution in [2.45, 2.75) is 18.3 Å². The Morgan fingerprint density at radius 2 is 2.00 bits per heavy atom. The van der Waals surface area contributed by atoms with Crippen LogP contribution in [0.3, 0.4) is 0 Å². The fourth-order valence-electron chi connectivity index (χ4n) is 2.64. The summed E-state index contributed by atoms with van der Waals surface area (Å²) < 4.78 is 13.1. The number of hydrogen-bond acceptors (Lipinski definition) is 4. The zero-order chi connectivity index (χ0) is 15.9. The van der Waals surface area contributed by atoms with E-state index in [0.717, 1.165) is 12.1 Å². The van der Waals surface area contributed by atoms with Crippen molar-refractivity contribution in [3.8, 4) is 0 Å². The highest BCUT2D eigenvalue weighted by molar-refractivity contribution is 8.09. The van der Waals surface area contributed by atoms with E-state index in [2.05, 4.69) is 0 Å². The van der Waals surface area contributed by atoms with Crippen LogP contribution < -0.4 is 0 Å². The summed E-state index contributed by atoms with van der Waals surface area (Å²) in [5.74, 6) is -0.648. The van der Waals surface area contributed by atoms with Crippen LogP contribution in [0.15, 0.2) is 30.0 Å². The molecule has 0 saturated heterocycles. The molecule has 0 amide bonds. The number of halogens is 1. The Hall–Kier alpha value is -1.53. The van der Waals surface area contributed by atoms with Gasteiger partial charge in [0, 0.05) is 11.4 Å². The Morgan fingerprint density at radius 1 is 1.36 bits per heavy atom. The molecule has 22 heavy (non-hydrogen) atoms. The lowest BCUT2D eigenvalue weighted by Crippen LogP contribution is -2.41. The quantitative estimate of drug-likeness (QED) is 0.903. The zero-order valence-corrected chi connectivity index (χ0v) is 13.4. The number of nitrogens with zero attached hydrogens (tertiary/aromatic N) is 2. The molecule has 1 aromatic carbocycles. The molecule has 1 N–H and O–H groups in total. The first-order valence-electron chi connectivity index (χ1n) is 7.30. The van der Waals surface area contributed by atoms with E-state index in [1.54, 1.807) is 12.1 Å². The maximum atomic E-state index is 13.1. The maximum absolute atomic E-state index is 13.1. The van der Waals surface area contributed by atoms with Crippen LogP contribution in [0.5, 0.6) is 0 Å². The van der Waals surface area contributed by atoms with E-state index in [9.17, 15) is 14.3 Å². The minimum atomic E-state index is -0.920. The van der Waals surface area contributed by atoms with Crippen molar-refractivity contribution in [2.24, 2.45) is 5.92 Å². The van der Waals surface area contributed by atoms with Crippen molar-refractivity contribution in [1.82, 2.24) is 9.80 Å². The number of hydrogen-bond donors (Lipinski definition) is 1. The van der Waals surface area contributed by atoms with Gasteiger partial charge in [-0.1, -0.05) is 23.9 Å². The Labute approximate surface area is 133 Å². The smallest absolute Gasteiger partial charge is 0.353 e. The summed E-state index contributed by atoms with van der Waals surface area (Å²) in [6, 6.07) is 6.04. The summed E-state index contributed by atoms with van der Waals surface area (Å²) >= 11 is 1.52. The molecule has 2 aliphatic rings. The van der Waals surface area contributed by atoms with Crippen LogP contribution in [-0.4, -0.2) is 47.0 Å². The molecular weight excluding hydrogens is 303 g/mol. The number of benzene rings is 1. The fourth-order valence-corrected chi connectivity index (χ4v) is 3.96. The Kier molecular flexibility index (Phi) is 4.14. The molecule has 0 spiro atoms. The Morgan fingerprint density at radius 3 is 2.50 bits per heavy atom. The first-order valence-corrected chi connectivity index (χ1v) is 8.18. The van der Waals surface area contributed by atoms with Crippen molar-refractivity contribution in [1.29, 1.82) is 0 Å². The molecule has 1 heterocycles. The van der Waals surface area contributed by atoms with Crippen LogP contribution in [0.25, 0.3) is 4.91 Å². The number of rotatable bonds is 5. The summed E-state index contributed by atoms with van der Waals surface area (Å²) in [7, 11) is 3.90. The summed E-state index contributed by atoms with van der Waals surface area (Å²) in [5.41, 5.74) is 1.06. The van der Waals surface area contributed by atoms with Gasteiger partial charge in [-0.25, -0.2) is 9.18 Å². The number of aliphatic carboxylic acids is 1. The van der Waals surface area contributed by atoms with E-state index in [-0.39, 0.29) is 11.3 Å². The molecule has 1 aliphatic heterocycles. The molecule has 0 aromatic heterocycles. The lowest BCUT2D eigenvalue weighted by Gasteiger charge is -2.31. The van der Waals surface area contributed by atoms with Gasteiger partial charge in [-0.3, -0.25) is 4.90 Å². The second-order valence-electron chi connectivity index (χ2n) is 5.99. The van der Waals surface area contributed by atoms with Gasteiger partial charge in [0.25, 0.3) is 0 Å². The largest absolute Gasteiger partial charge is 0.477 e. The van der Waals surface area contributed by atoms with Gasteiger partial charge in [0.2, 0.25) is 0 Å². The van der Waals surface area contributed by atoms with Crippen LogP contribution in [-0.2, 0) is 4.79 Å². The molecule has 0 radical (unpaired) electrons. The average Bonchev–Trinajstić information content (AvgIpc) is 3.18. The standard InChI is InChI=1S/C16H19FN2O2S/c1-18(2)16-19(9-10-3-4-10)13(15(20)21)14(22-16)11-5-7-12(17)8-6-11/h5-8,10,16H,3-4,9H2,1-2H3,(H,20,21). The molecule has 1 aromatic rings. The minimum Gasteiger partial charge on any atom is -0.477 e. The minimum absolute atomic E-state index is 0.0354. The van der Waals surface area contributed by atoms with Crippen molar-refractivity contribution in [2.75, 3.05) is 20.6 Å². The van der Waals surface area contributed by atoms with Gasteiger partial charge >= 0.3 is 5.97 Å². The van der Waals surface area contributed by atoms with Crippen molar-refractivity contribution < 1.29 is 14.3 Å². The molecule has 6 heteroatoms. The van der Waals surface area contributed by atoms with Gasteiger partial charge < -0.3 is 10.0 Å². The number of carboxylic acids is 1. The van der Waals surface area contributed by atoms with Crippen molar-refractivity contribution in [3.63, 3.8) is 0 Å². The van der Waals surface area contributed by atoms with Gasteiger partial charge in [-0.2, -0.15) is 0 Å². The molecule has 1 saturated carbocycles. The van der Waals surface area contributed by atoms with Crippen molar-refractivity contribution in [3.05, 3.63) is 41.3 Å². The molecule has 3 rings (SSSR count). The van der Waals surface area contributed by atoms with Gasteiger partial charge in [0.15, 0.2) is 0 Å². The van der Waals surface area contributed by atoms with Crippen molar-refractivity contribution >= 4 is 22.6 Å². The molecule has 4 nitrogen and oxygen atoms in total. The average molecular weight is 322 g/mol. The summed E-state index contributed by atoms with van der Waals surface area (Å²) in [6.45, 7) is 0.766. The van der Waals surface area contributed by atoms with Crippen LogP contribution in [0.2, 0.25) is 0 Å². The molecule has 1 unspecified atom stereocenters. The van der Waals surface area contributed by atoms with Gasteiger partial charge in [-0.05, 0) is 50.6 Å². The lowest BCUT2D eigenvalue weighted by molar-refractivity contribution is -0.134. The first kappa shape index (κ1) is 15.4. The van der Waals surface area contributed by atoms with Crippen LogP contribution in [0.4, 0.5) is 4.39 Å². The summed E-state index contributed by atoms with van der Waals surface area (Å²) in [4.78, 5) is 16.5. The van der Waals surface area contributed by atoms with E-state index >= 15 is 0 Å². The fraction of sp³-hybridized carbons (Fsp3) is 0.438. The second-order valence-corrected chi connectivity index (χ2v) is 7.06. The summed E-state index contributed by atoms with van der Waals surface area (Å²) in [6.07, 6.45) is 2.33. The highest BCUT2D eigenvalue weighted by Crippen LogP contribution is 2.46. The van der Waals surface area contributed by atoms with Crippen LogP contribution >= 0.6 is 11.8 Å². The van der Waals surface area contributed by atoms with E-state index in [0.29, 0.717) is 16.5 Å². The molecule has 1 atom stereocenters. The normalized spacial score (nSPS) is 21.8. The third-order valence-electron chi connectivity index (χ3n) is 3.89. The van der Waals surface area contributed by atoms with Gasteiger partial charge in [0.05, 0.1) is 0 Å². The first-order chi connectivity index (χ1) is 10.5. The Bertz CT molecular complexity index is 611. The number of carboxylic acid groups (broad SMARTS) is 1. The third-order valence-corrected chi connectivity index (χ3v) is 5.45. The van der Waals surface area contributed by atoms with Gasteiger partial charge in [0.1, 0.15) is 17.0 Å². The topological polar surface area (TPSA) is 43.8 Å². The molecule has 1 aliphatic carbocycles. The second kappa shape index (κ2) is 5.93. The number of thioether (sulfide) groups is 1. The summed E-state index contributed by atoms with van der Waals surface area (Å²) in [5, 5.41) is 9.70. The highest BCUT2D eigenvalue weighted by atomic mass is 32.2. The monoisotopic (exact) mass is 322 g/mol. The highest BCUT2D eigenvalue weighted by Gasteiger charge is 2.40. The molecular formula is C16H19FN2O2S. The predicted octanol–water partition coefficient (Wildman–Crippen LogP) is 2.88. The van der Waals surface area contributed by atoms with Gasteiger partial charge in [-0.15, -0.1) is 0 Å². The molecule has 0 bridgehead atoms. The van der Waals surface area contributed by atoms with E-state index in [1.165, 1.54) is 36.7 Å². The lowest BCUT2D eigenvalue weighted by atomic mass is 10.1. The maximum Gasteiger partial charge on any atom is 0.353 e. The predicted molar refractivity (Wildman–Crippen MR) is 85.5 cm³/mol. The van der Waals surface area contributed by atoms with E-state index in [4.69, 9.17) is 0 Å².